The molecule has 0 radical (unpaired) electrons. The SMILES string of the molecule is C/C(=N\Nc1cccc(C(F)(F)F)c1)c1ccc(Br)cc1. The number of anilines is 1. The Morgan fingerprint density at radius 1 is 1.10 bits per heavy atom. The molecule has 0 atom stereocenters. The summed E-state index contributed by atoms with van der Waals surface area (Å²) in [7, 11) is 0. The zero-order valence-corrected chi connectivity index (χ0v) is 12.7. The second-order valence-corrected chi connectivity index (χ2v) is 5.31. The van der Waals surface area contributed by atoms with Gasteiger partial charge in [0.25, 0.3) is 0 Å². The summed E-state index contributed by atoms with van der Waals surface area (Å²) in [6.07, 6.45) is -4.36. The fraction of sp³-hybridized carbons (Fsp3) is 0.133. The van der Waals surface area contributed by atoms with E-state index in [2.05, 4.69) is 26.5 Å². The third kappa shape index (κ3) is 4.32. The van der Waals surface area contributed by atoms with E-state index in [-0.39, 0.29) is 0 Å². The number of nitrogens with zero attached hydrogens (tertiary/aromatic N) is 1. The van der Waals surface area contributed by atoms with Crippen molar-refractivity contribution < 1.29 is 13.2 Å². The molecule has 0 aliphatic heterocycles. The van der Waals surface area contributed by atoms with Crippen LogP contribution < -0.4 is 5.43 Å². The molecule has 2 aromatic rings. The largest absolute Gasteiger partial charge is 0.416 e. The number of hydrazone groups is 1. The van der Waals surface area contributed by atoms with Crippen molar-refractivity contribution in [1.29, 1.82) is 0 Å². The monoisotopic (exact) mass is 356 g/mol. The normalized spacial score (nSPS) is 12.3. The van der Waals surface area contributed by atoms with Gasteiger partial charge < -0.3 is 0 Å². The van der Waals surface area contributed by atoms with Crippen LogP contribution in [0.15, 0.2) is 58.1 Å². The number of hydrogen-bond donors (Lipinski definition) is 1. The zero-order valence-electron chi connectivity index (χ0n) is 11.1. The first-order valence-corrected chi connectivity index (χ1v) is 6.89. The van der Waals surface area contributed by atoms with Crippen molar-refractivity contribution in [2.45, 2.75) is 13.1 Å². The Morgan fingerprint density at radius 3 is 2.38 bits per heavy atom. The molecule has 110 valence electrons. The lowest BCUT2D eigenvalue weighted by Gasteiger charge is -2.09. The van der Waals surface area contributed by atoms with E-state index < -0.39 is 11.7 Å². The highest BCUT2D eigenvalue weighted by atomic mass is 79.9. The van der Waals surface area contributed by atoms with Crippen LogP contribution in [0.2, 0.25) is 0 Å². The topological polar surface area (TPSA) is 24.4 Å². The first kappa shape index (κ1) is 15.6. The molecule has 0 aliphatic carbocycles. The lowest BCUT2D eigenvalue weighted by Crippen LogP contribution is -2.05. The van der Waals surface area contributed by atoms with E-state index in [9.17, 15) is 13.2 Å². The molecule has 2 aromatic carbocycles. The number of hydrogen-bond acceptors (Lipinski definition) is 2. The van der Waals surface area contributed by atoms with Gasteiger partial charge in [-0.25, -0.2) is 0 Å². The first-order valence-electron chi connectivity index (χ1n) is 6.10. The molecular weight excluding hydrogens is 345 g/mol. The third-order valence-corrected chi connectivity index (χ3v) is 3.33. The minimum Gasteiger partial charge on any atom is -0.278 e. The number of rotatable bonds is 3. The predicted octanol–water partition coefficient (Wildman–Crippen LogP) is 5.30. The Kier molecular flexibility index (Phi) is 4.67. The van der Waals surface area contributed by atoms with Gasteiger partial charge in [-0.2, -0.15) is 18.3 Å². The molecule has 0 unspecified atom stereocenters. The molecule has 6 heteroatoms. The van der Waals surface area contributed by atoms with Crippen LogP contribution in [0.25, 0.3) is 0 Å². The summed E-state index contributed by atoms with van der Waals surface area (Å²) in [4.78, 5) is 0. The summed E-state index contributed by atoms with van der Waals surface area (Å²) in [5.41, 5.74) is 3.80. The van der Waals surface area contributed by atoms with Crippen LogP contribution >= 0.6 is 15.9 Å². The van der Waals surface area contributed by atoms with E-state index >= 15 is 0 Å². The van der Waals surface area contributed by atoms with E-state index in [1.807, 2.05) is 24.3 Å². The molecule has 0 fully saturated rings. The second-order valence-electron chi connectivity index (χ2n) is 4.39. The van der Waals surface area contributed by atoms with Gasteiger partial charge in [-0.3, -0.25) is 5.43 Å². The number of benzene rings is 2. The van der Waals surface area contributed by atoms with Gasteiger partial charge in [-0.1, -0.05) is 34.1 Å². The summed E-state index contributed by atoms with van der Waals surface area (Å²) in [5, 5.41) is 4.10. The summed E-state index contributed by atoms with van der Waals surface area (Å²) in [5.74, 6) is 0. The zero-order chi connectivity index (χ0) is 15.5. The molecule has 21 heavy (non-hydrogen) atoms. The van der Waals surface area contributed by atoms with E-state index in [4.69, 9.17) is 0 Å². The van der Waals surface area contributed by atoms with Gasteiger partial charge in [0, 0.05) is 4.47 Å². The van der Waals surface area contributed by atoms with Crippen molar-refractivity contribution >= 4 is 27.3 Å². The van der Waals surface area contributed by atoms with Gasteiger partial charge in [0.15, 0.2) is 0 Å². The average Bonchev–Trinajstić information content (AvgIpc) is 2.45. The molecule has 0 aromatic heterocycles. The molecule has 0 amide bonds. The highest BCUT2D eigenvalue weighted by Crippen LogP contribution is 2.30. The molecular formula is C15H12BrF3N2. The Balaban J connectivity index is 2.15. The Hall–Kier alpha value is -1.82. The van der Waals surface area contributed by atoms with Crippen molar-refractivity contribution in [2.24, 2.45) is 5.10 Å². The maximum Gasteiger partial charge on any atom is 0.416 e. The lowest BCUT2D eigenvalue weighted by atomic mass is 10.1. The first-order chi connectivity index (χ1) is 9.86. The number of alkyl halides is 3. The van der Waals surface area contributed by atoms with E-state index in [0.29, 0.717) is 11.4 Å². The molecule has 0 bridgehead atoms. The van der Waals surface area contributed by atoms with Crippen molar-refractivity contribution in [3.8, 4) is 0 Å². The van der Waals surface area contributed by atoms with Gasteiger partial charge in [-0.15, -0.1) is 0 Å². The predicted molar refractivity (Wildman–Crippen MR) is 81.4 cm³/mol. The second kappa shape index (κ2) is 6.30. The number of halogens is 4. The molecule has 0 saturated heterocycles. The lowest BCUT2D eigenvalue weighted by molar-refractivity contribution is -0.137. The molecule has 1 N–H and O–H groups in total. The van der Waals surface area contributed by atoms with E-state index in [1.54, 1.807) is 6.92 Å². The van der Waals surface area contributed by atoms with Crippen LogP contribution in [0.4, 0.5) is 18.9 Å². The molecule has 0 spiro atoms. The van der Waals surface area contributed by atoms with Gasteiger partial charge in [0.2, 0.25) is 0 Å². The molecule has 0 aliphatic rings. The quantitative estimate of drug-likeness (QED) is 0.585. The van der Waals surface area contributed by atoms with Gasteiger partial charge in [-0.05, 0) is 42.8 Å². The highest BCUT2D eigenvalue weighted by Gasteiger charge is 2.30. The van der Waals surface area contributed by atoms with Crippen LogP contribution in [0, 0.1) is 0 Å². The Morgan fingerprint density at radius 2 is 1.76 bits per heavy atom. The summed E-state index contributed by atoms with van der Waals surface area (Å²) >= 11 is 3.33. The van der Waals surface area contributed by atoms with Crippen LogP contribution in [0.5, 0.6) is 0 Å². The maximum absolute atomic E-state index is 12.6. The van der Waals surface area contributed by atoms with Gasteiger partial charge in [0.1, 0.15) is 0 Å². The van der Waals surface area contributed by atoms with Crippen LogP contribution in [0.3, 0.4) is 0 Å². The number of nitrogens with one attached hydrogen (secondary N) is 1. The van der Waals surface area contributed by atoms with Crippen LogP contribution in [0.1, 0.15) is 18.1 Å². The fourth-order valence-corrected chi connectivity index (χ4v) is 1.93. The van der Waals surface area contributed by atoms with Crippen molar-refractivity contribution in [1.82, 2.24) is 0 Å². The minimum atomic E-state index is -4.36. The smallest absolute Gasteiger partial charge is 0.278 e. The summed E-state index contributed by atoms with van der Waals surface area (Å²) in [6.45, 7) is 1.78. The van der Waals surface area contributed by atoms with Crippen molar-refractivity contribution in [2.75, 3.05) is 5.43 Å². The Bertz CT molecular complexity index is 649. The summed E-state index contributed by atoms with van der Waals surface area (Å²) < 4.78 is 38.8. The van der Waals surface area contributed by atoms with E-state index in [0.717, 1.165) is 22.2 Å². The third-order valence-electron chi connectivity index (χ3n) is 2.80. The summed E-state index contributed by atoms with van der Waals surface area (Å²) in [6, 6.07) is 12.4. The van der Waals surface area contributed by atoms with Crippen LogP contribution in [-0.2, 0) is 6.18 Å². The molecule has 0 heterocycles. The minimum absolute atomic E-state index is 0.293. The molecule has 2 rings (SSSR count). The standard InChI is InChI=1S/C15H12BrF3N2/c1-10(11-5-7-13(16)8-6-11)20-21-14-4-2-3-12(9-14)15(17,18)19/h2-9,21H,1H3/b20-10+. The van der Waals surface area contributed by atoms with E-state index in [1.165, 1.54) is 12.1 Å². The average molecular weight is 357 g/mol. The fourth-order valence-electron chi connectivity index (χ4n) is 1.67. The maximum atomic E-state index is 12.6. The van der Waals surface area contributed by atoms with Crippen LogP contribution in [-0.4, -0.2) is 5.71 Å². The molecule has 2 nitrogen and oxygen atoms in total. The highest BCUT2D eigenvalue weighted by molar-refractivity contribution is 9.10. The van der Waals surface area contributed by atoms with Crippen molar-refractivity contribution in [3.63, 3.8) is 0 Å². The van der Waals surface area contributed by atoms with Crippen molar-refractivity contribution in [3.05, 3.63) is 64.1 Å². The van der Waals surface area contributed by atoms with Gasteiger partial charge in [0.05, 0.1) is 17.0 Å². The molecule has 0 saturated carbocycles. The van der Waals surface area contributed by atoms with Gasteiger partial charge >= 0.3 is 6.18 Å². The Labute approximate surface area is 128 Å².